The quantitative estimate of drug-likeness (QED) is 0.300. The lowest BCUT2D eigenvalue weighted by Gasteiger charge is -2.53. The van der Waals surface area contributed by atoms with Gasteiger partial charge in [-0.3, -0.25) is 0 Å². The lowest BCUT2D eigenvalue weighted by atomic mass is 10.4. The fourth-order valence-corrected chi connectivity index (χ4v) is 33.1. The summed E-state index contributed by atoms with van der Waals surface area (Å²) in [5.41, 5.74) is 0. The standard InChI is InChI=1S/C28H36N4Si4/c1-33(25-17-9-5-10-18-25)29-34(2,26-19-11-6-12-20-26)31-36(4,28-23-15-8-16-24-28)32-35(3,30-33)27-21-13-7-14-22-27/h5-24,29-32H,1-4H3. The van der Waals surface area contributed by atoms with E-state index in [1.807, 2.05) is 0 Å². The summed E-state index contributed by atoms with van der Waals surface area (Å²) >= 11 is 0. The van der Waals surface area contributed by atoms with Crippen LogP contribution in [0.3, 0.4) is 0 Å². The molecule has 0 spiro atoms. The van der Waals surface area contributed by atoms with Gasteiger partial charge in [0.1, 0.15) is 0 Å². The van der Waals surface area contributed by atoms with Crippen LogP contribution in [-0.4, -0.2) is 33.6 Å². The molecule has 0 saturated carbocycles. The van der Waals surface area contributed by atoms with Crippen LogP contribution in [-0.2, 0) is 0 Å². The van der Waals surface area contributed by atoms with Crippen molar-refractivity contribution < 1.29 is 0 Å². The second-order valence-corrected chi connectivity index (χ2v) is 25.8. The van der Waals surface area contributed by atoms with E-state index in [0.717, 1.165) is 0 Å². The molecule has 4 aromatic rings. The second-order valence-electron chi connectivity index (χ2n) is 10.5. The fourth-order valence-electron chi connectivity index (χ4n) is 5.79. The van der Waals surface area contributed by atoms with Crippen LogP contribution in [0.1, 0.15) is 0 Å². The van der Waals surface area contributed by atoms with Gasteiger partial charge in [0.05, 0.1) is 0 Å². The highest BCUT2D eigenvalue weighted by atomic mass is 28.5. The van der Waals surface area contributed by atoms with E-state index >= 15 is 0 Å². The lowest BCUT2D eigenvalue weighted by Crippen LogP contribution is -2.97. The molecule has 1 heterocycles. The largest absolute Gasteiger partial charge is 0.329 e. The van der Waals surface area contributed by atoms with E-state index in [2.05, 4.69) is 166 Å². The highest BCUT2D eigenvalue weighted by Crippen LogP contribution is 2.15. The number of hydrogen-bond donors (Lipinski definition) is 4. The third-order valence-corrected chi connectivity index (χ3v) is 29.4. The van der Waals surface area contributed by atoms with Gasteiger partial charge in [0.25, 0.3) is 0 Å². The molecule has 0 atom stereocenters. The Balaban J connectivity index is 1.73. The predicted octanol–water partition coefficient (Wildman–Crippen LogP) is 2.28. The van der Waals surface area contributed by atoms with Crippen molar-refractivity contribution in [3.8, 4) is 0 Å². The molecule has 0 aromatic heterocycles. The first-order valence-electron chi connectivity index (χ1n) is 12.6. The van der Waals surface area contributed by atoms with Crippen LogP contribution in [0.5, 0.6) is 0 Å². The summed E-state index contributed by atoms with van der Waals surface area (Å²) in [5.74, 6) is 0. The Hall–Kier alpha value is -2.41. The van der Waals surface area contributed by atoms with Crippen LogP contribution in [0, 0.1) is 0 Å². The van der Waals surface area contributed by atoms with E-state index in [4.69, 9.17) is 0 Å². The molecule has 184 valence electrons. The first kappa shape index (κ1) is 25.2. The third-order valence-electron chi connectivity index (χ3n) is 7.40. The molecular weight excluding hydrogens is 505 g/mol. The third kappa shape index (κ3) is 4.91. The van der Waals surface area contributed by atoms with Crippen molar-refractivity contribution in [1.82, 2.24) is 18.6 Å². The summed E-state index contributed by atoms with van der Waals surface area (Å²) < 4.78 is 17.5. The zero-order valence-corrected chi connectivity index (χ0v) is 25.5. The molecule has 36 heavy (non-hydrogen) atoms. The number of hydrogen-bond acceptors (Lipinski definition) is 4. The van der Waals surface area contributed by atoms with Gasteiger partial charge in [0, 0.05) is 0 Å². The van der Waals surface area contributed by atoms with E-state index in [0.29, 0.717) is 0 Å². The molecule has 0 unspecified atom stereocenters. The summed E-state index contributed by atoms with van der Waals surface area (Å²) in [7, 11) is -9.50. The summed E-state index contributed by atoms with van der Waals surface area (Å²) in [5, 5.41) is 5.51. The molecule has 1 fully saturated rings. The summed E-state index contributed by atoms with van der Waals surface area (Å²) in [6.07, 6.45) is 0. The Bertz CT molecular complexity index is 1080. The topological polar surface area (TPSA) is 48.1 Å². The Morgan fingerprint density at radius 2 is 0.472 bits per heavy atom. The van der Waals surface area contributed by atoms with Crippen LogP contribution < -0.4 is 39.3 Å². The Kier molecular flexibility index (Phi) is 6.88. The van der Waals surface area contributed by atoms with Gasteiger partial charge >= 0.3 is 0 Å². The molecule has 8 heteroatoms. The predicted molar refractivity (Wildman–Crippen MR) is 163 cm³/mol. The normalized spacial score (nSPS) is 30.8. The molecule has 0 amide bonds. The van der Waals surface area contributed by atoms with E-state index in [-0.39, 0.29) is 0 Å². The molecule has 0 aliphatic carbocycles. The van der Waals surface area contributed by atoms with E-state index in [1.165, 1.54) is 20.7 Å². The minimum Gasteiger partial charge on any atom is -0.329 e. The molecule has 0 bridgehead atoms. The van der Waals surface area contributed by atoms with Gasteiger partial charge in [-0.1, -0.05) is 121 Å². The van der Waals surface area contributed by atoms with Crippen LogP contribution in [0.4, 0.5) is 0 Å². The van der Waals surface area contributed by atoms with Crippen molar-refractivity contribution in [2.75, 3.05) is 0 Å². The van der Waals surface area contributed by atoms with Crippen LogP contribution in [0.15, 0.2) is 121 Å². The van der Waals surface area contributed by atoms with Crippen molar-refractivity contribution in [2.45, 2.75) is 26.2 Å². The lowest BCUT2D eigenvalue weighted by molar-refractivity contribution is 1.07. The molecule has 1 aliphatic heterocycles. The highest BCUT2D eigenvalue weighted by molar-refractivity contribution is 7.16. The van der Waals surface area contributed by atoms with Crippen molar-refractivity contribution in [2.24, 2.45) is 0 Å². The molecule has 4 N–H and O–H groups in total. The number of benzene rings is 4. The van der Waals surface area contributed by atoms with Gasteiger partial charge in [-0.2, -0.15) is 0 Å². The van der Waals surface area contributed by atoms with Crippen molar-refractivity contribution >= 4 is 54.3 Å². The minimum absolute atomic E-state index is 1.38. The first-order valence-corrected chi connectivity index (χ1v) is 22.6. The number of rotatable bonds is 4. The van der Waals surface area contributed by atoms with E-state index in [9.17, 15) is 0 Å². The van der Waals surface area contributed by atoms with E-state index < -0.39 is 33.6 Å². The Morgan fingerprint density at radius 3 is 0.639 bits per heavy atom. The van der Waals surface area contributed by atoms with Crippen LogP contribution >= 0.6 is 0 Å². The number of nitrogens with one attached hydrogen (secondary N) is 4. The fraction of sp³-hybridized carbons (Fsp3) is 0.143. The van der Waals surface area contributed by atoms with Gasteiger partial charge in [0.15, 0.2) is 0 Å². The SMILES string of the molecule is C[Si]1(c2ccccc2)N[Si](C)(c2ccccc2)N[Si](C)(c2ccccc2)N[Si](C)(c2ccccc2)N1. The van der Waals surface area contributed by atoms with Crippen molar-refractivity contribution in [3.63, 3.8) is 0 Å². The summed E-state index contributed by atoms with van der Waals surface area (Å²) in [6.45, 7) is 9.78. The molecular formula is C28H36N4Si4. The zero-order chi connectivity index (χ0) is 25.3. The average molecular weight is 541 g/mol. The zero-order valence-electron chi connectivity index (χ0n) is 21.5. The Morgan fingerprint density at radius 1 is 0.306 bits per heavy atom. The van der Waals surface area contributed by atoms with E-state index in [1.54, 1.807) is 0 Å². The minimum atomic E-state index is -2.37. The van der Waals surface area contributed by atoms with Crippen molar-refractivity contribution in [1.29, 1.82) is 0 Å². The molecule has 1 aliphatic rings. The maximum atomic E-state index is 4.38. The smallest absolute Gasteiger partial charge is 0.220 e. The molecule has 0 radical (unpaired) electrons. The van der Waals surface area contributed by atoms with Gasteiger partial charge < -0.3 is 18.6 Å². The maximum absolute atomic E-state index is 4.38. The maximum Gasteiger partial charge on any atom is 0.220 e. The monoisotopic (exact) mass is 540 g/mol. The average Bonchev–Trinajstić information content (AvgIpc) is 2.90. The molecule has 1 saturated heterocycles. The van der Waals surface area contributed by atoms with Gasteiger partial charge in [-0.25, -0.2) is 0 Å². The molecule has 4 nitrogen and oxygen atoms in total. The van der Waals surface area contributed by atoms with Crippen molar-refractivity contribution in [3.05, 3.63) is 121 Å². The van der Waals surface area contributed by atoms with Crippen LogP contribution in [0.25, 0.3) is 0 Å². The van der Waals surface area contributed by atoms with Gasteiger partial charge in [-0.15, -0.1) is 0 Å². The van der Waals surface area contributed by atoms with Crippen LogP contribution in [0.2, 0.25) is 26.2 Å². The summed E-state index contributed by atoms with van der Waals surface area (Å²) in [4.78, 5) is 0. The molecule has 5 rings (SSSR count). The Labute approximate surface area is 219 Å². The van der Waals surface area contributed by atoms with Gasteiger partial charge in [-0.05, 0) is 46.9 Å². The second kappa shape index (κ2) is 9.80. The molecule has 4 aromatic carbocycles. The van der Waals surface area contributed by atoms with Gasteiger partial charge in [0.2, 0.25) is 33.6 Å². The summed E-state index contributed by atoms with van der Waals surface area (Å²) in [6, 6.07) is 44.1. The first-order chi connectivity index (χ1) is 17.2. The highest BCUT2D eigenvalue weighted by Gasteiger charge is 2.54.